The Morgan fingerprint density at radius 3 is 2.46 bits per heavy atom. The molecule has 11 heteroatoms. The van der Waals surface area contributed by atoms with E-state index in [-0.39, 0.29) is 29.0 Å². The van der Waals surface area contributed by atoms with Gasteiger partial charge in [-0.25, -0.2) is 17.6 Å². The maximum absolute atomic E-state index is 13.2. The molecule has 0 aliphatic heterocycles. The topological polar surface area (TPSA) is 132 Å². The number of hydrogen-bond acceptors (Lipinski definition) is 5. The third-order valence-corrected chi connectivity index (χ3v) is 5.27. The highest BCUT2D eigenvalue weighted by molar-refractivity contribution is 7.92. The molecule has 0 unspecified atom stereocenters. The van der Waals surface area contributed by atoms with Gasteiger partial charge in [0.2, 0.25) is 15.5 Å². The number of nitrogens with one attached hydrogen (secondary N) is 1. The van der Waals surface area contributed by atoms with E-state index in [1.54, 1.807) is 0 Å². The van der Waals surface area contributed by atoms with Crippen LogP contribution in [-0.2, 0) is 10.0 Å². The van der Waals surface area contributed by atoms with E-state index in [1.807, 2.05) is 0 Å². The minimum atomic E-state index is -3.86. The van der Waals surface area contributed by atoms with Crippen molar-refractivity contribution in [1.82, 2.24) is 9.61 Å². The van der Waals surface area contributed by atoms with E-state index in [4.69, 9.17) is 5.11 Å². The van der Waals surface area contributed by atoms with Gasteiger partial charge in [-0.05, 0) is 24.3 Å². The number of carbonyl (C=O) groups is 1. The average molecular weight is 409 g/mol. The lowest BCUT2D eigenvalue weighted by Gasteiger charge is -2.20. The van der Waals surface area contributed by atoms with Gasteiger partial charge in [-0.15, -0.1) is 0 Å². The smallest absolute Gasteiger partial charge is 0.340 e. The maximum Gasteiger partial charge on any atom is 0.340 e. The van der Waals surface area contributed by atoms with Gasteiger partial charge >= 0.3 is 5.97 Å². The maximum atomic E-state index is 13.2. The van der Waals surface area contributed by atoms with Gasteiger partial charge in [0.25, 0.3) is 0 Å². The lowest BCUT2D eigenvalue weighted by Crippen LogP contribution is -2.36. The Balaban J connectivity index is 2.29. The third kappa shape index (κ3) is 3.49. The number of aromatic nitrogens is 2. The van der Waals surface area contributed by atoms with Gasteiger partial charge in [0.05, 0.1) is 36.8 Å². The number of aromatic carboxylic acids is 1. The molecule has 0 fully saturated rings. The number of hydrogen-bond donors (Lipinski definition) is 3. The van der Waals surface area contributed by atoms with Crippen LogP contribution in [0.4, 0.5) is 10.1 Å². The molecule has 1 aromatic carbocycles. The number of carboxylic acid groups (broad SMARTS) is 1. The third-order valence-electron chi connectivity index (χ3n) is 4.09. The zero-order valence-corrected chi connectivity index (χ0v) is 15.4. The van der Waals surface area contributed by atoms with Crippen LogP contribution in [-0.4, -0.2) is 53.6 Å². The molecule has 28 heavy (non-hydrogen) atoms. The van der Waals surface area contributed by atoms with Crippen LogP contribution in [0.1, 0.15) is 10.4 Å². The van der Waals surface area contributed by atoms with Crippen molar-refractivity contribution in [1.29, 1.82) is 0 Å². The second kappa shape index (κ2) is 7.09. The number of aromatic amines is 1. The SMILES string of the molecule is CS(=O)(=O)N(CCO)c1cn2[nH]c(-c3ccc(F)cc3)c(C(=O)O)c2cc1=O. The predicted molar refractivity (Wildman–Crippen MR) is 99.6 cm³/mol. The van der Waals surface area contributed by atoms with Gasteiger partial charge in [0.15, 0.2) is 0 Å². The quantitative estimate of drug-likeness (QED) is 0.554. The summed E-state index contributed by atoms with van der Waals surface area (Å²) in [5, 5.41) is 21.5. The van der Waals surface area contributed by atoms with E-state index in [0.717, 1.165) is 35.0 Å². The van der Waals surface area contributed by atoms with Gasteiger partial charge in [0, 0.05) is 11.6 Å². The summed E-state index contributed by atoms with van der Waals surface area (Å²) in [7, 11) is -3.86. The molecule has 0 aliphatic carbocycles. The number of carboxylic acids is 1. The second-order valence-corrected chi connectivity index (χ2v) is 7.92. The molecular formula is C17H16FN3O6S. The molecule has 0 saturated carbocycles. The Bertz CT molecular complexity index is 1210. The number of pyridine rings is 1. The zero-order valence-electron chi connectivity index (χ0n) is 14.6. The van der Waals surface area contributed by atoms with E-state index in [2.05, 4.69) is 5.10 Å². The van der Waals surface area contributed by atoms with Crippen molar-refractivity contribution in [2.75, 3.05) is 23.7 Å². The van der Waals surface area contributed by atoms with Crippen molar-refractivity contribution in [3.8, 4) is 11.3 Å². The molecule has 0 aliphatic rings. The summed E-state index contributed by atoms with van der Waals surface area (Å²) < 4.78 is 39.1. The first-order valence-corrected chi connectivity index (χ1v) is 9.84. The zero-order chi connectivity index (χ0) is 20.6. The number of aliphatic hydroxyl groups excluding tert-OH is 1. The van der Waals surface area contributed by atoms with Crippen LogP contribution in [0.5, 0.6) is 0 Å². The summed E-state index contributed by atoms with van der Waals surface area (Å²) in [6.45, 7) is -0.849. The predicted octanol–water partition coefficient (Wildman–Crippen LogP) is 0.890. The number of nitrogens with zero attached hydrogens (tertiary/aromatic N) is 2. The first-order chi connectivity index (χ1) is 13.1. The minimum absolute atomic E-state index is 0.0121. The van der Waals surface area contributed by atoms with Crippen LogP contribution in [0.2, 0.25) is 0 Å². The molecule has 0 saturated heterocycles. The summed E-state index contributed by atoms with van der Waals surface area (Å²) in [6.07, 6.45) is 2.03. The van der Waals surface area contributed by atoms with Gasteiger partial charge < -0.3 is 10.2 Å². The Morgan fingerprint density at radius 1 is 1.29 bits per heavy atom. The van der Waals surface area contributed by atoms with Gasteiger partial charge in [-0.3, -0.25) is 18.7 Å². The molecule has 3 N–H and O–H groups in total. The number of rotatable bonds is 6. The second-order valence-electron chi connectivity index (χ2n) is 6.01. The van der Waals surface area contributed by atoms with Crippen LogP contribution in [0.3, 0.4) is 0 Å². The van der Waals surface area contributed by atoms with E-state index >= 15 is 0 Å². The van der Waals surface area contributed by atoms with Gasteiger partial charge in [-0.1, -0.05) is 0 Å². The molecule has 0 atom stereocenters. The highest BCUT2D eigenvalue weighted by atomic mass is 32.2. The largest absolute Gasteiger partial charge is 0.478 e. The first kappa shape index (κ1) is 19.6. The van der Waals surface area contributed by atoms with E-state index < -0.39 is 33.8 Å². The molecular weight excluding hydrogens is 393 g/mol. The summed E-state index contributed by atoms with van der Waals surface area (Å²) in [6, 6.07) is 6.07. The molecule has 0 amide bonds. The Morgan fingerprint density at radius 2 is 1.93 bits per heavy atom. The average Bonchev–Trinajstić information content (AvgIpc) is 2.97. The van der Waals surface area contributed by atoms with Crippen molar-refractivity contribution in [3.05, 3.63) is 58.1 Å². The van der Waals surface area contributed by atoms with Crippen LogP contribution < -0.4 is 9.73 Å². The van der Waals surface area contributed by atoms with Crippen LogP contribution in [0.15, 0.2) is 41.3 Å². The molecule has 3 aromatic rings. The molecule has 0 spiro atoms. The van der Waals surface area contributed by atoms with Crippen molar-refractivity contribution < 1.29 is 27.8 Å². The molecule has 148 valence electrons. The van der Waals surface area contributed by atoms with E-state index in [1.165, 1.54) is 16.6 Å². The number of fused-ring (bicyclic) bond motifs is 1. The molecule has 2 aromatic heterocycles. The van der Waals surface area contributed by atoms with Crippen LogP contribution in [0, 0.1) is 5.82 Å². The summed E-state index contributed by atoms with van der Waals surface area (Å²) in [4.78, 5) is 24.3. The normalized spacial score (nSPS) is 11.7. The molecule has 0 radical (unpaired) electrons. The van der Waals surface area contributed by atoms with Crippen molar-refractivity contribution in [2.24, 2.45) is 0 Å². The summed E-state index contributed by atoms with van der Waals surface area (Å²) in [5.74, 6) is -1.82. The molecule has 2 heterocycles. The lowest BCUT2D eigenvalue weighted by molar-refractivity contribution is 0.0699. The van der Waals surface area contributed by atoms with Gasteiger partial charge in [0.1, 0.15) is 17.1 Å². The summed E-state index contributed by atoms with van der Waals surface area (Å²) >= 11 is 0. The standard InChI is InChI=1S/C17H16FN3O6S/c1-28(26,27)21(6-7-22)13-9-20-12(8-14(13)23)15(17(24)25)16(19-20)10-2-4-11(18)5-3-10/h2-5,8-9,19,22H,6-7H2,1H3,(H,24,25). The van der Waals surface area contributed by atoms with E-state index in [9.17, 15) is 27.5 Å². The lowest BCUT2D eigenvalue weighted by atomic mass is 10.1. The fourth-order valence-corrected chi connectivity index (χ4v) is 3.81. The fourth-order valence-electron chi connectivity index (χ4n) is 2.90. The number of sulfonamides is 1. The number of aliphatic hydroxyl groups is 1. The monoisotopic (exact) mass is 409 g/mol. The fraction of sp³-hybridized carbons (Fsp3) is 0.176. The van der Waals surface area contributed by atoms with Gasteiger partial charge in [-0.2, -0.15) is 0 Å². The van der Waals surface area contributed by atoms with Crippen LogP contribution in [0.25, 0.3) is 16.8 Å². The van der Waals surface area contributed by atoms with Crippen molar-refractivity contribution >= 4 is 27.2 Å². The number of benzene rings is 1. The first-order valence-electron chi connectivity index (χ1n) is 7.99. The molecule has 3 rings (SSSR count). The van der Waals surface area contributed by atoms with Crippen molar-refractivity contribution in [3.63, 3.8) is 0 Å². The number of H-pyrrole nitrogens is 1. The van der Waals surface area contributed by atoms with Crippen LogP contribution >= 0.6 is 0 Å². The van der Waals surface area contributed by atoms with Crippen molar-refractivity contribution in [2.45, 2.75) is 0 Å². The number of anilines is 1. The molecule has 0 bridgehead atoms. The van der Waals surface area contributed by atoms with E-state index in [0.29, 0.717) is 5.56 Å². The highest BCUT2D eigenvalue weighted by Crippen LogP contribution is 2.27. The minimum Gasteiger partial charge on any atom is -0.478 e. The summed E-state index contributed by atoms with van der Waals surface area (Å²) in [5.41, 5.74) is -0.700. The molecule has 9 nitrogen and oxygen atoms in total. The number of halogens is 1. The Kier molecular flexibility index (Phi) is 4.96. The Hall–Kier alpha value is -3.18. The Labute approximate surface area is 158 Å². The highest BCUT2D eigenvalue weighted by Gasteiger charge is 2.24.